The first kappa shape index (κ1) is 17.9. The molecule has 0 radical (unpaired) electrons. The maximum atomic E-state index is 12.4. The summed E-state index contributed by atoms with van der Waals surface area (Å²) in [4.78, 5) is 29.2. The molecule has 1 amide bonds. The highest BCUT2D eigenvalue weighted by molar-refractivity contribution is 7.15. The Balaban J connectivity index is 1.44. The van der Waals surface area contributed by atoms with Gasteiger partial charge in [-0.3, -0.25) is 14.0 Å². The molecular formula is C21H17N3O3S. The van der Waals surface area contributed by atoms with Crippen molar-refractivity contribution in [2.45, 2.75) is 6.92 Å². The number of nitrogens with zero attached hydrogens (tertiary/aromatic N) is 2. The van der Waals surface area contributed by atoms with Crippen molar-refractivity contribution in [3.63, 3.8) is 0 Å². The number of benzene rings is 2. The van der Waals surface area contributed by atoms with E-state index in [0.717, 1.165) is 16.2 Å². The predicted octanol–water partition coefficient (Wildman–Crippen LogP) is 4.28. The van der Waals surface area contributed by atoms with E-state index in [1.54, 1.807) is 35.6 Å². The molecule has 0 unspecified atom stereocenters. The van der Waals surface area contributed by atoms with Gasteiger partial charge < -0.3 is 10.1 Å². The molecule has 0 aliphatic heterocycles. The summed E-state index contributed by atoms with van der Waals surface area (Å²) in [5.41, 5.74) is 2.92. The van der Waals surface area contributed by atoms with E-state index in [4.69, 9.17) is 4.74 Å². The molecule has 7 heteroatoms. The highest BCUT2D eigenvalue weighted by Gasteiger charge is 2.12. The third-order valence-electron chi connectivity index (χ3n) is 4.20. The fourth-order valence-electron chi connectivity index (χ4n) is 2.79. The topological polar surface area (TPSA) is 72.7 Å². The van der Waals surface area contributed by atoms with Gasteiger partial charge in [-0.25, -0.2) is 4.98 Å². The number of thiazole rings is 1. The van der Waals surface area contributed by atoms with Crippen LogP contribution in [0.4, 0.5) is 5.69 Å². The molecule has 1 N–H and O–H groups in total. The van der Waals surface area contributed by atoms with E-state index in [1.165, 1.54) is 6.92 Å². The first-order chi connectivity index (χ1) is 13.6. The third-order valence-corrected chi connectivity index (χ3v) is 4.97. The van der Waals surface area contributed by atoms with Crippen LogP contribution in [0.2, 0.25) is 0 Å². The number of hydrogen-bond acceptors (Lipinski definition) is 5. The molecule has 4 aromatic rings. The van der Waals surface area contributed by atoms with E-state index in [-0.39, 0.29) is 18.3 Å². The van der Waals surface area contributed by atoms with Crippen molar-refractivity contribution in [3.8, 4) is 17.0 Å². The molecule has 0 spiro atoms. The molecular weight excluding hydrogens is 374 g/mol. The fraction of sp³-hybridized carbons (Fsp3) is 0.0952. The summed E-state index contributed by atoms with van der Waals surface area (Å²) >= 11 is 1.55. The van der Waals surface area contributed by atoms with E-state index in [9.17, 15) is 9.59 Å². The number of amides is 1. The van der Waals surface area contributed by atoms with Gasteiger partial charge in [-0.05, 0) is 37.3 Å². The Morgan fingerprint density at radius 1 is 1.14 bits per heavy atom. The van der Waals surface area contributed by atoms with Crippen molar-refractivity contribution in [1.29, 1.82) is 0 Å². The molecule has 6 nitrogen and oxygen atoms in total. The first-order valence-corrected chi connectivity index (χ1v) is 9.53. The molecule has 140 valence electrons. The van der Waals surface area contributed by atoms with Crippen LogP contribution in [0.3, 0.4) is 0 Å². The van der Waals surface area contributed by atoms with Crippen LogP contribution in [-0.4, -0.2) is 27.7 Å². The summed E-state index contributed by atoms with van der Waals surface area (Å²) in [5, 5.41) is 4.85. The number of fused-ring (bicyclic) bond motifs is 1. The predicted molar refractivity (Wildman–Crippen MR) is 109 cm³/mol. The van der Waals surface area contributed by atoms with Crippen LogP contribution in [-0.2, 0) is 4.79 Å². The average Bonchev–Trinajstić information content (AvgIpc) is 3.29. The molecule has 2 aromatic heterocycles. The zero-order valence-electron chi connectivity index (χ0n) is 15.1. The summed E-state index contributed by atoms with van der Waals surface area (Å²) in [5.74, 6) is 0.243. The van der Waals surface area contributed by atoms with Crippen LogP contribution < -0.4 is 10.1 Å². The Morgan fingerprint density at radius 3 is 2.68 bits per heavy atom. The third kappa shape index (κ3) is 3.79. The second-order valence-corrected chi connectivity index (χ2v) is 7.06. The number of ketones is 1. The number of imidazole rings is 1. The normalized spacial score (nSPS) is 10.8. The smallest absolute Gasteiger partial charge is 0.262 e. The number of aromatic nitrogens is 2. The number of carbonyl (C=O) groups excluding carboxylic acids is 2. The summed E-state index contributed by atoms with van der Waals surface area (Å²) < 4.78 is 7.47. The number of ether oxygens (including phenoxy) is 1. The van der Waals surface area contributed by atoms with E-state index in [2.05, 4.69) is 10.3 Å². The number of rotatable bonds is 6. The van der Waals surface area contributed by atoms with Crippen molar-refractivity contribution >= 4 is 33.7 Å². The monoisotopic (exact) mass is 391 g/mol. The Hall–Kier alpha value is -3.45. The van der Waals surface area contributed by atoms with Crippen LogP contribution in [0.15, 0.2) is 66.3 Å². The van der Waals surface area contributed by atoms with Gasteiger partial charge >= 0.3 is 0 Å². The molecule has 0 atom stereocenters. The summed E-state index contributed by atoms with van der Waals surface area (Å²) in [6, 6.07) is 14.2. The van der Waals surface area contributed by atoms with E-state index in [1.807, 2.05) is 46.4 Å². The SMILES string of the molecule is CC(=O)c1ccc(OCC(=O)Nc2ccccc2-c2cn3ccsc3n2)cc1. The molecule has 0 fully saturated rings. The largest absolute Gasteiger partial charge is 0.484 e. The van der Waals surface area contributed by atoms with Gasteiger partial charge in [0.2, 0.25) is 0 Å². The Bertz CT molecular complexity index is 1120. The summed E-state index contributed by atoms with van der Waals surface area (Å²) in [6.45, 7) is 1.37. The van der Waals surface area contributed by atoms with Gasteiger partial charge in [-0.2, -0.15) is 0 Å². The number of Topliss-reactive ketones (excluding diaryl/α,β-unsaturated/α-hetero) is 1. The highest BCUT2D eigenvalue weighted by atomic mass is 32.1. The van der Waals surface area contributed by atoms with Gasteiger partial charge in [0.25, 0.3) is 5.91 Å². The lowest BCUT2D eigenvalue weighted by molar-refractivity contribution is -0.118. The summed E-state index contributed by atoms with van der Waals surface area (Å²) in [7, 11) is 0. The Kier molecular flexibility index (Phi) is 4.90. The molecule has 0 aliphatic carbocycles. The second-order valence-electron chi connectivity index (χ2n) is 6.18. The van der Waals surface area contributed by atoms with Crippen LogP contribution in [0.1, 0.15) is 17.3 Å². The van der Waals surface area contributed by atoms with Gasteiger partial charge in [0.1, 0.15) is 5.75 Å². The Labute approximate surface area is 165 Å². The minimum absolute atomic E-state index is 0.0138. The standard InChI is InChI=1S/C21H17N3O3S/c1-14(25)15-6-8-16(9-7-15)27-13-20(26)22-18-5-3-2-4-17(18)19-12-24-10-11-28-21(24)23-19/h2-12H,13H2,1H3,(H,22,26). The zero-order chi connectivity index (χ0) is 19.5. The maximum absolute atomic E-state index is 12.4. The number of para-hydroxylation sites is 1. The van der Waals surface area contributed by atoms with Crippen LogP contribution in [0.25, 0.3) is 16.2 Å². The lowest BCUT2D eigenvalue weighted by atomic mass is 10.1. The van der Waals surface area contributed by atoms with E-state index < -0.39 is 0 Å². The second kappa shape index (κ2) is 7.66. The van der Waals surface area contributed by atoms with Gasteiger partial charge in [0.05, 0.1) is 11.4 Å². The lowest BCUT2D eigenvalue weighted by Gasteiger charge is -2.10. The van der Waals surface area contributed by atoms with Crippen LogP contribution >= 0.6 is 11.3 Å². The first-order valence-electron chi connectivity index (χ1n) is 8.65. The highest BCUT2D eigenvalue weighted by Crippen LogP contribution is 2.28. The molecule has 0 aliphatic rings. The minimum Gasteiger partial charge on any atom is -0.484 e. The number of carbonyl (C=O) groups is 2. The van der Waals surface area contributed by atoms with Gasteiger partial charge in [0, 0.05) is 28.9 Å². The lowest BCUT2D eigenvalue weighted by Crippen LogP contribution is -2.20. The number of anilines is 1. The van der Waals surface area contributed by atoms with Crippen LogP contribution in [0.5, 0.6) is 5.75 Å². The van der Waals surface area contributed by atoms with Crippen molar-refractivity contribution < 1.29 is 14.3 Å². The number of hydrogen-bond donors (Lipinski definition) is 1. The molecule has 4 rings (SSSR count). The Morgan fingerprint density at radius 2 is 1.93 bits per heavy atom. The molecule has 28 heavy (non-hydrogen) atoms. The number of nitrogens with one attached hydrogen (secondary N) is 1. The summed E-state index contributed by atoms with van der Waals surface area (Å²) in [6.07, 6.45) is 3.88. The van der Waals surface area contributed by atoms with Crippen LogP contribution in [0, 0.1) is 0 Å². The van der Waals surface area contributed by atoms with Gasteiger partial charge in [-0.15, -0.1) is 11.3 Å². The van der Waals surface area contributed by atoms with Crippen molar-refractivity contribution in [1.82, 2.24) is 9.38 Å². The van der Waals surface area contributed by atoms with Gasteiger partial charge in [0.15, 0.2) is 17.4 Å². The van der Waals surface area contributed by atoms with Crippen molar-refractivity contribution in [2.75, 3.05) is 11.9 Å². The van der Waals surface area contributed by atoms with E-state index >= 15 is 0 Å². The molecule has 0 saturated carbocycles. The van der Waals surface area contributed by atoms with Crippen molar-refractivity contribution in [3.05, 3.63) is 71.9 Å². The van der Waals surface area contributed by atoms with Crippen molar-refractivity contribution in [2.24, 2.45) is 0 Å². The quantitative estimate of drug-likeness (QED) is 0.498. The molecule has 0 bridgehead atoms. The molecule has 2 aromatic carbocycles. The molecule has 0 saturated heterocycles. The zero-order valence-corrected chi connectivity index (χ0v) is 15.9. The van der Waals surface area contributed by atoms with E-state index in [0.29, 0.717) is 17.0 Å². The van der Waals surface area contributed by atoms with Gasteiger partial charge in [-0.1, -0.05) is 18.2 Å². The fourth-order valence-corrected chi connectivity index (χ4v) is 3.49. The molecule has 2 heterocycles. The minimum atomic E-state index is -0.274. The average molecular weight is 391 g/mol. The maximum Gasteiger partial charge on any atom is 0.262 e.